The van der Waals surface area contributed by atoms with Crippen LogP contribution < -0.4 is 10.6 Å². The molecule has 0 atom stereocenters. The van der Waals surface area contributed by atoms with E-state index < -0.39 is 29.4 Å². The maximum atomic E-state index is 12.2. The number of hydrogen-bond acceptors (Lipinski definition) is 8. The van der Waals surface area contributed by atoms with Crippen LogP contribution >= 0.6 is 0 Å². The maximum Gasteiger partial charge on any atom is 0.338 e. The van der Waals surface area contributed by atoms with Gasteiger partial charge in [-0.1, -0.05) is 0 Å². The molecule has 10 heteroatoms. The van der Waals surface area contributed by atoms with Gasteiger partial charge in [-0.25, -0.2) is 9.59 Å². The van der Waals surface area contributed by atoms with Crippen LogP contribution in [0.15, 0.2) is 42.5 Å². The Morgan fingerprint density at radius 2 is 1.73 bits per heavy atom. The lowest BCUT2D eigenvalue weighted by Crippen LogP contribution is -2.21. The van der Waals surface area contributed by atoms with Gasteiger partial charge in [0.25, 0.3) is 11.6 Å². The Hall–Kier alpha value is -3.95. The summed E-state index contributed by atoms with van der Waals surface area (Å²) in [6.07, 6.45) is 1.89. The first kappa shape index (κ1) is 20.8. The first-order valence-corrected chi connectivity index (χ1v) is 9.07. The normalized spacial score (nSPS) is 12.6. The molecule has 0 saturated heterocycles. The minimum atomic E-state index is -0.854. The van der Waals surface area contributed by atoms with Gasteiger partial charge in [0, 0.05) is 17.8 Å². The molecule has 3 rings (SSSR count). The minimum absolute atomic E-state index is 0.0294. The molecule has 0 unspecified atom stereocenters. The Kier molecular flexibility index (Phi) is 6.26. The van der Waals surface area contributed by atoms with Gasteiger partial charge in [0.15, 0.2) is 6.61 Å². The molecule has 0 aliphatic heterocycles. The number of hydrogen-bond donors (Lipinski definition) is 2. The molecule has 2 aromatic carbocycles. The summed E-state index contributed by atoms with van der Waals surface area (Å²) >= 11 is 0. The van der Waals surface area contributed by atoms with Crippen molar-refractivity contribution in [3.8, 4) is 0 Å². The Labute approximate surface area is 171 Å². The molecule has 2 aromatic rings. The number of carbonyl (C=O) groups excluding carboxylic acids is 3. The first-order chi connectivity index (χ1) is 14.4. The summed E-state index contributed by atoms with van der Waals surface area (Å²) in [6.45, 7) is -0.576. The fraction of sp³-hybridized carbons (Fsp3) is 0.250. The number of carbonyl (C=O) groups is 3. The average Bonchev–Trinajstić information content (AvgIpc) is 3.56. The summed E-state index contributed by atoms with van der Waals surface area (Å²) in [5, 5.41) is 16.8. The molecular formula is C20H19N3O7. The van der Waals surface area contributed by atoms with E-state index >= 15 is 0 Å². The fourth-order valence-electron chi connectivity index (χ4n) is 2.60. The quantitative estimate of drug-likeness (QED) is 0.383. The Morgan fingerprint density at radius 3 is 2.33 bits per heavy atom. The topological polar surface area (TPSA) is 137 Å². The number of nitro benzene ring substituents is 1. The van der Waals surface area contributed by atoms with Gasteiger partial charge in [0.05, 0.1) is 23.2 Å². The van der Waals surface area contributed by atoms with Crippen LogP contribution in [-0.4, -0.2) is 42.5 Å². The summed E-state index contributed by atoms with van der Waals surface area (Å²) in [4.78, 5) is 46.2. The molecule has 0 heterocycles. The van der Waals surface area contributed by atoms with Crippen LogP contribution in [0.2, 0.25) is 0 Å². The van der Waals surface area contributed by atoms with Gasteiger partial charge in [0.2, 0.25) is 0 Å². The molecule has 1 amide bonds. The minimum Gasteiger partial charge on any atom is -0.465 e. The fourth-order valence-corrected chi connectivity index (χ4v) is 2.60. The highest BCUT2D eigenvalue weighted by Gasteiger charge is 2.26. The van der Waals surface area contributed by atoms with Gasteiger partial charge in [0.1, 0.15) is 5.69 Å². The Morgan fingerprint density at radius 1 is 1.07 bits per heavy atom. The third-order valence-electron chi connectivity index (χ3n) is 4.29. The highest BCUT2D eigenvalue weighted by Crippen LogP contribution is 2.31. The molecule has 0 bridgehead atoms. The number of anilines is 2. The van der Waals surface area contributed by atoms with Crippen LogP contribution in [-0.2, 0) is 14.3 Å². The molecule has 0 spiro atoms. The molecule has 1 aliphatic carbocycles. The number of methoxy groups -OCH3 is 1. The molecule has 30 heavy (non-hydrogen) atoms. The number of ether oxygens (including phenoxy) is 2. The van der Waals surface area contributed by atoms with Crippen molar-refractivity contribution in [1.82, 2.24) is 0 Å². The monoisotopic (exact) mass is 413 g/mol. The van der Waals surface area contributed by atoms with Crippen LogP contribution in [0.5, 0.6) is 0 Å². The molecule has 156 valence electrons. The number of benzene rings is 2. The molecule has 1 saturated carbocycles. The summed E-state index contributed by atoms with van der Waals surface area (Å²) in [5.41, 5.74) is 0.801. The molecular weight excluding hydrogens is 394 g/mol. The van der Waals surface area contributed by atoms with E-state index in [4.69, 9.17) is 4.74 Å². The highest BCUT2D eigenvalue weighted by atomic mass is 16.6. The van der Waals surface area contributed by atoms with E-state index in [0.29, 0.717) is 16.9 Å². The van der Waals surface area contributed by atoms with Crippen LogP contribution in [0.25, 0.3) is 0 Å². The summed E-state index contributed by atoms with van der Waals surface area (Å²) in [7, 11) is 1.26. The first-order valence-electron chi connectivity index (χ1n) is 9.07. The van der Waals surface area contributed by atoms with Gasteiger partial charge in [-0.3, -0.25) is 14.9 Å². The second-order valence-corrected chi connectivity index (χ2v) is 6.60. The third-order valence-corrected chi connectivity index (χ3v) is 4.29. The zero-order valence-corrected chi connectivity index (χ0v) is 16.0. The summed E-state index contributed by atoms with van der Waals surface area (Å²) in [6, 6.07) is 10.2. The van der Waals surface area contributed by atoms with Crippen LogP contribution in [0.3, 0.4) is 0 Å². The van der Waals surface area contributed by atoms with E-state index in [9.17, 15) is 24.5 Å². The third kappa shape index (κ3) is 5.31. The van der Waals surface area contributed by atoms with E-state index in [1.54, 1.807) is 0 Å². The van der Waals surface area contributed by atoms with E-state index in [0.717, 1.165) is 18.9 Å². The van der Waals surface area contributed by atoms with E-state index in [1.165, 1.54) is 43.5 Å². The number of rotatable bonds is 8. The molecule has 0 radical (unpaired) electrons. The van der Waals surface area contributed by atoms with Crippen molar-refractivity contribution in [3.05, 3.63) is 63.7 Å². The molecule has 0 aromatic heterocycles. The SMILES string of the molecule is COC(=O)c1ccc(NC(=O)COC(=O)c2ccc(NC3CC3)c([N+](=O)[O-])c2)cc1. The zero-order chi connectivity index (χ0) is 21.7. The number of nitrogens with one attached hydrogen (secondary N) is 2. The van der Waals surface area contributed by atoms with Gasteiger partial charge >= 0.3 is 11.9 Å². The van der Waals surface area contributed by atoms with Crippen molar-refractivity contribution >= 4 is 34.9 Å². The maximum absolute atomic E-state index is 12.2. The standard InChI is InChI=1S/C20H19N3O7/c1-29-19(25)12-2-5-15(6-3-12)22-18(24)11-30-20(26)13-4-9-16(21-14-7-8-14)17(10-13)23(27)28/h2-6,9-10,14,21H,7-8,11H2,1H3,(H,22,24). The Bertz CT molecular complexity index is 984. The molecule has 1 aliphatic rings. The number of amides is 1. The van der Waals surface area contributed by atoms with Gasteiger partial charge < -0.3 is 20.1 Å². The summed E-state index contributed by atoms with van der Waals surface area (Å²) in [5.74, 6) is -1.96. The van der Waals surface area contributed by atoms with Crippen LogP contribution in [0.4, 0.5) is 17.1 Å². The molecule has 1 fully saturated rings. The van der Waals surface area contributed by atoms with Crippen molar-refractivity contribution in [2.75, 3.05) is 24.4 Å². The van der Waals surface area contributed by atoms with Gasteiger partial charge in [-0.05, 0) is 49.2 Å². The van der Waals surface area contributed by atoms with Crippen molar-refractivity contribution in [2.24, 2.45) is 0 Å². The average molecular weight is 413 g/mol. The smallest absolute Gasteiger partial charge is 0.338 e. The second kappa shape index (κ2) is 9.03. The molecule has 10 nitrogen and oxygen atoms in total. The predicted octanol–water partition coefficient (Wildman–Crippen LogP) is 2.75. The number of nitrogens with zero attached hydrogens (tertiary/aromatic N) is 1. The largest absolute Gasteiger partial charge is 0.465 e. The lowest BCUT2D eigenvalue weighted by molar-refractivity contribution is -0.384. The van der Waals surface area contributed by atoms with Gasteiger partial charge in [-0.2, -0.15) is 0 Å². The number of esters is 2. The summed E-state index contributed by atoms with van der Waals surface area (Å²) < 4.78 is 9.53. The molecule has 2 N–H and O–H groups in total. The van der Waals surface area contributed by atoms with Crippen molar-refractivity contribution in [2.45, 2.75) is 18.9 Å². The van der Waals surface area contributed by atoms with Crippen LogP contribution in [0, 0.1) is 10.1 Å². The van der Waals surface area contributed by atoms with E-state index in [1.807, 2.05) is 0 Å². The van der Waals surface area contributed by atoms with Crippen molar-refractivity contribution < 1.29 is 28.8 Å². The number of nitro groups is 1. The Balaban J connectivity index is 1.56. The lowest BCUT2D eigenvalue weighted by atomic mass is 10.1. The van der Waals surface area contributed by atoms with Gasteiger partial charge in [-0.15, -0.1) is 0 Å². The van der Waals surface area contributed by atoms with Crippen molar-refractivity contribution in [1.29, 1.82) is 0 Å². The van der Waals surface area contributed by atoms with E-state index in [-0.39, 0.29) is 17.3 Å². The van der Waals surface area contributed by atoms with Crippen LogP contribution in [0.1, 0.15) is 33.6 Å². The lowest BCUT2D eigenvalue weighted by Gasteiger charge is -2.09. The van der Waals surface area contributed by atoms with Crippen molar-refractivity contribution in [3.63, 3.8) is 0 Å². The second-order valence-electron chi connectivity index (χ2n) is 6.60. The predicted molar refractivity (Wildman–Crippen MR) is 106 cm³/mol. The van der Waals surface area contributed by atoms with E-state index in [2.05, 4.69) is 15.4 Å². The highest BCUT2D eigenvalue weighted by molar-refractivity contribution is 5.96. The zero-order valence-electron chi connectivity index (χ0n) is 16.0.